The van der Waals surface area contributed by atoms with Gasteiger partial charge in [-0.3, -0.25) is 0 Å². The van der Waals surface area contributed by atoms with E-state index in [9.17, 15) is 0 Å². The molecule has 0 radical (unpaired) electrons. The van der Waals surface area contributed by atoms with E-state index in [4.69, 9.17) is 4.74 Å². The average molecular weight is 191 g/mol. The minimum Gasteiger partial charge on any atom is -0.378 e. The van der Waals surface area contributed by atoms with E-state index in [1.165, 1.54) is 11.3 Å². The Balaban J connectivity index is 2.20. The summed E-state index contributed by atoms with van der Waals surface area (Å²) in [5.41, 5.74) is 2.83. The van der Waals surface area contributed by atoms with Gasteiger partial charge >= 0.3 is 0 Å². The highest BCUT2D eigenvalue weighted by atomic mass is 16.5. The lowest BCUT2D eigenvalue weighted by Gasteiger charge is -2.30. The molecule has 0 atom stereocenters. The first kappa shape index (κ1) is 9.53. The van der Waals surface area contributed by atoms with Crippen molar-refractivity contribution in [3.63, 3.8) is 0 Å². The second-order valence-electron chi connectivity index (χ2n) is 3.58. The average Bonchev–Trinajstić information content (AvgIpc) is 2.30. The second-order valence-corrected chi connectivity index (χ2v) is 3.58. The van der Waals surface area contributed by atoms with Gasteiger partial charge in [-0.15, -0.1) is 0 Å². The quantitative estimate of drug-likeness (QED) is 0.709. The lowest BCUT2D eigenvalue weighted by atomic mass is 10.1. The molecule has 2 rings (SSSR count). The van der Waals surface area contributed by atoms with E-state index in [0.717, 1.165) is 32.7 Å². The number of anilines is 1. The van der Waals surface area contributed by atoms with Crippen LogP contribution >= 0.6 is 0 Å². The number of benzene rings is 1. The van der Waals surface area contributed by atoms with Crippen LogP contribution in [0.4, 0.5) is 5.69 Å². The molecule has 0 amide bonds. The Hall–Kier alpha value is -1.02. The topological polar surface area (TPSA) is 12.5 Å². The van der Waals surface area contributed by atoms with Crippen molar-refractivity contribution >= 4 is 5.69 Å². The molecule has 0 aliphatic carbocycles. The first-order chi connectivity index (χ1) is 6.92. The maximum atomic E-state index is 5.35. The molecule has 2 nitrogen and oxygen atoms in total. The van der Waals surface area contributed by atoms with Crippen molar-refractivity contribution in [2.75, 3.05) is 31.2 Å². The Kier molecular flexibility index (Phi) is 3.04. The fraction of sp³-hybridized carbons (Fsp3) is 0.500. The van der Waals surface area contributed by atoms with Crippen molar-refractivity contribution in [2.45, 2.75) is 13.3 Å². The Morgan fingerprint density at radius 3 is 2.64 bits per heavy atom. The van der Waals surface area contributed by atoms with E-state index < -0.39 is 0 Å². The second kappa shape index (κ2) is 4.47. The zero-order valence-corrected chi connectivity index (χ0v) is 8.70. The van der Waals surface area contributed by atoms with Crippen LogP contribution < -0.4 is 4.90 Å². The highest BCUT2D eigenvalue weighted by Crippen LogP contribution is 2.21. The van der Waals surface area contributed by atoms with Crippen LogP contribution in [-0.2, 0) is 11.2 Å². The van der Waals surface area contributed by atoms with Gasteiger partial charge in [0.1, 0.15) is 0 Å². The standard InChI is InChI=1S/C12H17NO/c1-2-11-5-3-4-6-12(11)13-7-9-14-10-8-13/h3-6H,2,7-10H2,1H3. The first-order valence-corrected chi connectivity index (χ1v) is 5.32. The van der Waals surface area contributed by atoms with Gasteiger partial charge in [0.05, 0.1) is 13.2 Å². The van der Waals surface area contributed by atoms with Crippen LogP contribution in [0.15, 0.2) is 24.3 Å². The summed E-state index contributed by atoms with van der Waals surface area (Å²) < 4.78 is 5.35. The van der Waals surface area contributed by atoms with Crippen LogP contribution in [-0.4, -0.2) is 26.3 Å². The number of nitrogens with zero attached hydrogens (tertiary/aromatic N) is 1. The van der Waals surface area contributed by atoms with Crippen LogP contribution in [0.25, 0.3) is 0 Å². The molecule has 14 heavy (non-hydrogen) atoms. The van der Waals surface area contributed by atoms with Gasteiger partial charge in [0.15, 0.2) is 0 Å². The third-order valence-corrected chi connectivity index (χ3v) is 2.72. The Morgan fingerprint density at radius 2 is 1.93 bits per heavy atom. The van der Waals surface area contributed by atoms with Gasteiger partial charge in [-0.25, -0.2) is 0 Å². The molecule has 0 saturated carbocycles. The van der Waals surface area contributed by atoms with Crippen molar-refractivity contribution < 1.29 is 4.74 Å². The third-order valence-electron chi connectivity index (χ3n) is 2.72. The van der Waals surface area contributed by atoms with Gasteiger partial charge < -0.3 is 9.64 Å². The summed E-state index contributed by atoms with van der Waals surface area (Å²) in [5, 5.41) is 0. The summed E-state index contributed by atoms with van der Waals surface area (Å²) in [5.74, 6) is 0. The Labute approximate surface area is 85.5 Å². The maximum Gasteiger partial charge on any atom is 0.0642 e. The fourth-order valence-corrected chi connectivity index (χ4v) is 1.92. The minimum atomic E-state index is 0.859. The molecule has 1 aromatic carbocycles. The number of hydrogen-bond donors (Lipinski definition) is 0. The number of para-hydroxylation sites is 1. The smallest absolute Gasteiger partial charge is 0.0642 e. The summed E-state index contributed by atoms with van der Waals surface area (Å²) in [6, 6.07) is 8.65. The van der Waals surface area contributed by atoms with Crippen molar-refractivity contribution in [3.8, 4) is 0 Å². The van der Waals surface area contributed by atoms with E-state index in [-0.39, 0.29) is 0 Å². The van der Waals surface area contributed by atoms with Gasteiger partial charge in [-0.05, 0) is 18.1 Å². The molecule has 0 aromatic heterocycles. The molecule has 1 aromatic rings. The van der Waals surface area contributed by atoms with E-state index in [2.05, 4.69) is 36.1 Å². The largest absolute Gasteiger partial charge is 0.378 e. The van der Waals surface area contributed by atoms with Gasteiger partial charge in [-0.1, -0.05) is 25.1 Å². The van der Waals surface area contributed by atoms with E-state index >= 15 is 0 Å². The molecule has 1 heterocycles. The van der Waals surface area contributed by atoms with E-state index in [0.29, 0.717) is 0 Å². The fourth-order valence-electron chi connectivity index (χ4n) is 1.92. The Morgan fingerprint density at radius 1 is 1.21 bits per heavy atom. The maximum absolute atomic E-state index is 5.35. The predicted octanol–water partition coefficient (Wildman–Crippen LogP) is 2.09. The lowest BCUT2D eigenvalue weighted by molar-refractivity contribution is 0.122. The zero-order chi connectivity index (χ0) is 9.80. The Bertz CT molecular complexity index is 292. The van der Waals surface area contributed by atoms with Gasteiger partial charge in [0.2, 0.25) is 0 Å². The summed E-state index contributed by atoms with van der Waals surface area (Å²) in [6.07, 6.45) is 1.10. The molecule has 2 heteroatoms. The van der Waals surface area contributed by atoms with Gasteiger partial charge in [0, 0.05) is 18.8 Å². The monoisotopic (exact) mass is 191 g/mol. The highest BCUT2D eigenvalue weighted by Gasteiger charge is 2.12. The number of aryl methyl sites for hydroxylation is 1. The number of hydrogen-bond acceptors (Lipinski definition) is 2. The molecule has 76 valence electrons. The number of morpholine rings is 1. The molecular weight excluding hydrogens is 174 g/mol. The first-order valence-electron chi connectivity index (χ1n) is 5.32. The molecule has 1 aliphatic heterocycles. The third kappa shape index (κ3) is 1.90. The van der Waals surface area contributed by atoms with Crippen LogP contribution in [0.2, 0.25) is 0 Å². The van der Waals surface area contributed by atoms with Crippen LogP contribution in [0.5, 0.6) is 0 Å². The minimum absolute atomic E-state index is 0.859. The molecular formula is C12H17NO. The molecule has 1 aliphatic rings. The molecule has 0 unspecified atom stereocenters. The lowest BCUT2D eigenvalue weighted by Crippen LogP contribution is -2.36. The molecule has 0 bridgehead atoms. The van der Waals surface area contributed by atoms with Crippen molar-refractivity contribution in [3.05, 3.63) is 29.8 Å². The summed E-state index contributed by atoms with van der Waals surface area (Å²) in [6.45, 7) is 5.98. The zero-order valence-electron chi connectivity index (χ0n) is 8.70. The normalized spacial score (nSPS) is 17.1. The van der Waals surface area contributed by atoms with Crippen LogP contribution in [0.3, 0.4) is 0 Å². The SMILES string of the molecule is CCc1ccccc1N1CCOCC1. The summed E-state index contributed by atoms with van der Waals surface area (Å²) >= 11 is 0. The van der Waals surface area contributed by atoms with Crippen molar-refractivity contribution in [1.29, 1.82) is 0 Å². The van der Waals surface area contributed by atoms with E-state index in [1.54, 1.807) is 0 Å². The molecule has 0 spiro atoms. The predicted molar refractivity (Wildman–Crippen MR) is 58.9 cm³/mol. The van der Waals surface area contributed by atoms with Crippen molar-refractivity contribution in [1.82, 2.24) is 0 Å². The molecule has 0 N–H and O–H groups in total. The molecule has 1 fully saturated rings. The summed E-state index contributed by atoms with van der Waals surface area (Å²) in [7, 11) is 0. The highest BCUT2D eigenvalue weighted by molar-refractivity contribution is 5.53. The summed E-state index contributed by atoms with van der Waals surface area (Å²) in [4.78, 5) is 2.42. The van der Waals surface area contributed by atoms with Gasteiger partial charge in [-0.2, -0.15) is 0 Å². The van der Waals surface area contributed by atoms with Gasteiger partial charge in [0.25, 0.3) is 0 Å². The van der Waals surface area contributed by atoms with Crippen molar-refractivity contribution in [2.24, 2.45) is 0 Å². The van der Waals surface area contributed by atoms with Crippen LogP contribution in [0.1, 0.15) is 12.5 Å². The molecule has 1 saturated heterocycles. The number of ether oxygens (including phenoxy) is 1. The number of rotatable bonds is 2. The van der Waals surface area contributed by atoms with Crippen LogP contribution in [0, 0.1) is 0 Å². The van der Waals surface area contributed by atoms with E-state index in [1.807, 2.05) is 0 Å².